The van der Waals surface area contributed by atoms with E-state index in [9.17, 15) is 9.90 Å². The number of nitrogens with one attached hydrogen (secondary N) is 2. The maximum atomic E-state index is 12.1. The number of urea groups is 1. The lowest BCUT2D eigenvalue weighted by Gasteiger charge is -2.17. The second kappa shape index (κ2) is 8.03. The molecule has 2 amide bonds. The molecular formula is C20H24N2O3. The Hall–Kier alpha value is -2.53. The number of benzene rings is 2. The van der Waals surface area contributed by atoms with Gasteiger partial charge in [0.2, 0.25) is 0 Å². The highest BCUT2D eigenvalue weighted by Gasteiger charge is 2.23. The van der Waals surface area contributed by atoms with Crippen LogP contribution >= 0.6 is 0 Å². The number of fused-ring (bicyclic) bond motifs is 1. The van der Waals surface area contributed by atoms with Crippen molar-refractivity contribution in [2.24, 2.45) is 0 Å². The molecule has 2 atom stereocenters. The predicted molar refractivity (Wildman–Crippen MR) is 96.7 cm³/mol. The average molecular weight is 340 g/mol. The molecule has 25 heavy (non-hydrogen) atoms. The van der Waals surface area contributed by atoms with Gasteiger partial charge in [-0.15, -0.1) is 0 Å². The van der Waals surface area contributed by atoms with Gasteiger partial charge in [0.05, 0.1) is 6.04 Å². The van der Waals surface area contributed by atoms with Gasteiger partial charge in [-0.1, -0.05) is 36.4 Å². The van der Waals surface area contributed by atoms with Crippen molar-refractivity contribution in [1.29, 1.82) is 0 Å². The first kappa shape index (κ1) is 17.3. The van der Waals surface area contributed by atoms with E-state index in [0.717, 1.165) is 18.4 Å². The predicted octanol–water partition coefficient (Wildman–Crippen LogP) is 2.72. The Balaban J connectivity index is 1.40. The Bertz CT molecular complexity index is 732. The summed E-state index contributed by atoms with van der Waals surface area (Å²) >= 11 is 0. The topological polar surface area (TPSA) is 70.6 Å². The lowest BCUT2D eigenvalue weighted by Crippen LogP contribution is -2.42. The number of carbonyl (C=O) groups excluding carboxylic acids is 1. The summed E-state index contributed by atoms with van der Waals surface area (Å²) in [6, 6.07) is 15.6. The number of aryl methyl sites for hydroxylation is 2. The highest BCUT2D eigenvalue weighted by molar-refractivity contribution is 5.74. The first-order chi connectivity index (χ1) is 12.1. The third-order valence-corrected chi connectivity index (χ3v) is 4.37. The molecule has 0 heterocycles. The molecule has 0 unspecified atom stereocenters. The Morgan fingerprint density at radius 1 is 1.28 bits per heavy atom. The van der Waals surface area contributed by atoms with Gasteiger partial charge in [-0.05, 0) is 48.6 Å². The molecule has 1 aliphatic carbocycles. The van der Waals surface area contributed by atoms with E-state index in [0.29, 0.717) is 5.75 Å². The Kier molecular flexibility index (Phi) is 5.56. The van der Waals surface area contributed by atoms with Crippen molar-refractivity contribution in [3.05, 3.63) is 65.2 Å². The Morgan fingerprint density at radius 3 is 2.96 bits per heavy atom. The molecule has 3 N–H and O–H groups in total. The van der Waals surface area contributed by atoms with Crippen molar-refractivity contribution in [1.82, 2.24) is 10.6 Å². The molecule has 0 radical (unpaired) electrons. The molecule has 0 spiro atoms. The first-order valence-corrected chi connectivity index (χ1v) is 8.61. The van der Waals surface area contributed by atoms with Crippen LogP contribution in [0.3, 0.4) is 0 Å². The second-order valence-corrected chi connectivity index (χ2v) is 6.43. The largest absolute Gasteiger partial charge is 0.491 e. The van der Waals surface area contributed by atoms with Crippen LogP contribution < -0.4 is 15.4 Å². The van der Waals surface area contributed by atoms with Gasteiger partial charge in [0.15, 0.2) is 0 Å². The van der Waals surface area contributed by atoms with E-state index in [1.807, 2.05) is 43.3 Å². The van der Waals surface area contributed by atoms with Crippen LogP contribution in [0.1, 0.15) is 29.2 Å². The number of hydrogen-bond acceptors (Lipinski definition) is 3. The summed E-state index contributed by atoms with van der Waals surface area (Å²) in [7, 11) is 0. The van der Waals surface area contributed by atoms with E-state index in [-0.39, 0.29) is 25.2 Å². The molecule has 5 nitrogen and oxygen atoms in total. The highest BCUT2D eigenvalue weighted by Crippen LogP contribution is 2.30. The number of carbonyl (C=O) groups is 1. The fourth-order valence-electron chi connectivity index (χ4n) is 3.08. The fourth-order valence-corrected chi connectivity index (χ4v) is 3.08. The van der Waals surface area contributed by atoms with Gasteiger partial charge in [0.1, 0.15) is 18.5 Å². The molecule has 1 aliphatic rings. The van der Waals surface area contributed by atoms with E-state index >= 15 is 0 Å². The highest BCUT2D eigenvalue weighted by atomic mass is 16.5. The van der Waals surface area contributed by atoms with Gasteiger partial charge in [-0.2, -0.15) is 0 Å². The maximum absolute atomic E-state index is 12.1. The number of amides is 2. The molecule has 0 bridgehead atoms. The van der Waals surface area contributed by atoms with Crippen molar-refractivity contribution >= 4 is 6.03 Å². The van der Waals surface area contributed by atoms with Gasteiger partial charge in [0.25, 0.3) is 0 Å². The van der Waals surface area contributed by atoms with Crippen LogP contribution in [0.25, 0.3) is 0 Å². The summed E-state index contributed by atoms with van der Waals surface area (Å²) in [5, 5.41) is 15.7. The van der Waals surface area contributed by atoms with Crippen LogP contribution in [0.4, 0.5) is 4.79 Å². The third-order valence-electron chi connectivity index (χ3n) is 4.37. The summed E-state index contributed by atoms with van der Waals surface area (Å²) < 4.78 is 5.54. The fraction of sp³-hybridized carbons (Fsp3) is 0.350. The zero-order valence-electron chi connectivity index (χ0n) is 14.4. The lowest BCUT2D eigenvalue weighted by atomic mass is 10.1. The van der Waals surface area contributed by atoms with Crippen LogP contribution in [0, 0.1) is 6.92 Å². The number of ether oxygens (including phenoxy) is 1. The number of aliphatic hydroxyl groups is 1. The monoisotopic (exact) mass is 340 g/mol. The maximum Gasteiger partial charge on any atom is 0.315 e. The molecule has 5 heteroatoms. The summed E-state index contributed by atoms with van der Waals surface area (Å²) in [5.41, 5.74) is 3.57. The van der Waals surface area contributed by atoms with Crippen LogP contribution in [0.5, 0.6) is 5.75 Å². The van der Waals surface area contributed by atoms with E-state index in [1.54, 1.807) is 0 Å². The van der Waals surface area contributed by atoms with E-state index < -0.39 is 6.10 Å². The van der Waals surface area contributed by atoms with Crippen molar-refractivity contribution in [3.63, 3.8) is 0 Å². The smallest absolute Gasteiger partial charge is 0.315 e. The molecule has 0 aliphatic heterocycles. The lowest BCUT2D eigenvalue weighted by molar-refractivity contribution is 0.107. The number of hydrogen-bond donors (Lipinski definition) is 3. The Labute approximate surface area is 148 Å². The summed E-state index contributed by atoms with van der Waals surface area (Å²) in [6.45, 7) is 2.26. The SMILES string of the molecule is Cc1cccc(OC[C@@H](O)CNC(=O)N[C@H]2CCc3ccccc32)c1. The van der Waals surface area contributed by atoms with Gasteiger partial charge in [-0.3, -0.25) is 0 Å². The van der Waals surface area contributed by atoms with E-state index in [4.69, 9.17) is 4.74 Å². The van der Waals surface area contributed by atoms with Crippen molar-refractivity contribution in [3.8, 4) is 5.75 Å². The summed E-state index contributed by atoms with van der Waals surface area (Å²) in [4.78, 5) is 12.1. The molecule has 0 saturated carbocycles. The Morgan fingerprint density at radius 2 is 2.12 bits per heavy atom. The molecular weight excluding hydrogens is 316 g/mol. The van der Waals surface area contributed by atoms with Crippen LogP contribution in [0.15, 0.2) is 48.5 Å². The molecule has 0 fully saturated rings. The minimum Gasteiger partial charge on any atom is -0.491 e. The van der Waals surface area contributed by atoms with Crippen LogP contribution in [0.2, 0.25) is 0 Å². The third kappa shape index (κ3) is 4.73. The molecule has 0 saturated heterocycles. The number of aliphatic hydroxyl groups excluding tert-OH is 1. The van der Waals surface area contributed by atoms with Crippen LogP contribution in [-0.4, -0.2) is 30.4 Å². The van der Waals surface area contributed by atoms with Crippen molar-refractivity contribution in [2.45, 2.75) is 31.9 Å². The zero-order chi connectivity index (χ0) is 17.6. The molecule has 2 aromatic carbocycles. The minimum absolute atomic E-state index is 0.0388. The molecule has 132 valence electrons. The quantitative estimate of drug-likeness (QED) is 0.757. The average Bonchev–Trinajstić information content (AvgIpc) is 3.01. The normalized spacial score (nSPS) is 16.8. The standard InChI is InChI=1S/C20H24N2O3/c1-14-5-4-7-17(11-14)25-13-16(23)12-21-20(24)22-19-10-9-15-6-2-3-8-18(15)19/h2-8,11,16,19,23H,9-10,12-13H2,1H3,(H2,21,22,24)/t16-,19-/m0/s1. The van der Waals surface area contributed by atoms with Gasteiger partial charge >= 0.3 is 6.03 Å². The molecule has 3 rings (SSSR count). The van der Waals surface area contributed by atoms with Crippen LogP contribution in [-0.2, 0) is 6.42 Å². The first-order valence-electron chi connectivity index (χ1n) is 8.61. The minimum atomic E-state index is -0.762. The van der Waals surface area contributed by atoms with Gasteiger partial charge in [-0.25, -0.2) is 4.79 Å². The zero-order valence-corrected chi connectivity index (χ0v) is 14.4. The van der Waals surface area contributed by atoms with E-state index in [2.05, 4.69) is 22.8 Å². The van der Waals surface area contributed by atoms with Gasteiger partial charge < -0.3 is 20.5 Å². The van der Waals surface area contributed by atoms with Crippen molar-refractivity contribution < 1.29 is 14.6 Å². The summed E-state index contributed by atoms with van der Waals surface area (Å²) in [6.07, 6.45) is 1.13. The summed E-state index contributed by atoms with van der Waals surface area (Å²) in [5.74, 6) is 0.714. The second-order valence-electron chi connectivity index (χ2n) is 6.43. The van der Waals surface area contributed by atoms with E-state index in [1.165, 1.54) is 11.1 Å². The van der Waals surface area contributed by atoms with Gasteiger partial charge in [0, 0.05) is 6.54 Å². The van der Waals surface area contributed by atoms with Crippen molar-refractivity contribution in [2.75, 3.05) is 13.2 Å². The number of rotatable bonds is 6. The molecule has 2 aromatic rings. The molecule has 0 aromatic heterocycles.